The Morgan fingerprint density at radius 1 is 1.50 bits per heavy atom. The Hall–Kier alpha value is -1.06. The van der Waals surface area contributed by atoms with Crippen LogP contribution in [0, 0.1) is 12.8 Å². The largest absolute Gasteiger partial charge is 0.327 e. The number of amides is 1. The molecule has 1 saturated carbocycles. The highest BCUT2D eigenvalue weighted by Gasteiger charge is 2.25. The van der Waals surface area contributed by atoms with E-state index in [1.54, 1.807) is 6.07 Å². The predicted octanol–water partition coefficient (Wildman–Crippen LogP) is 3.10. The minimum atomic E-state index is 0.0252. The number of halogens is 1. The van der Waals surface area contributed by atoms with Crippen LogP contribution < -0.4 is 11.1 Å². The van der Waals surface area contributed by atoms with Crippen LogP contribution in [-0.4, -0.2) is 11.9 Å². The number of nitrogens with one attached hydrogen (secondary N) is 1. The van der Waals surface area contributed by atoms with Gasteiger partial charge in [0, 0.05) is 23.2 Å². The normalized spacial score (nSPS) is 23.1. The van der Waals surface area contributed by atoms with Crippen LogP contribution in [0.2, 0.25) is 5.02 Å². The molecule has 2 atom stereocenters. The molecule has 0 aromatic heterocycles. The Balaban J connectivity index is 1.92. The number of benzene rings is 1. The van der Waals surface area contributed by atoms with Crippen molar-refractivity contribution in [2.75, 3.05) is 5.32 Å². The summed E-state index contributed by atoms with van der Waals surface area (Å²) in [5.41, 5.74) is 7.72. The summed E-state index contributed by atoms with van der Waals surface area (Å²) in [4.78, 5) is 11.9. The maximum Gasteiger partial charge on any atom is 0.224 e. The van der Waals surface area contributed by atoms with Crippen LogP contribution in [-0.2, 0) is 4.79 Å². The molecule has 1 aromatic carbocycles. The zero-order chi connectivity index (χ0) is 13.1. The molecule has 1 aromatic rings. The maximum absolute atomic E-state index is 11.9. The van der Waals surface area contributed by atoms with Gasteiger partial charge in [0.25, 0.3) is 0 Å². The predicted molar refractivity (Wildman–Crippen MR) is 74.8 cm³/mol. The summed E-state index contributed by atoms with van der Waals surface area (Å²) < 4.78 is 0. The van der Waals surface area contributed by atoms with Crippen molar-refractivity contribution in [1.82, 2.24) is 0 Å². The molecule has 0 saturated heterocycles. The molecule has 0 aliphatic heterocycles. The first kappa shape index (κ1) is 13.4. The lowest BCUT2D eigenvalue weighted by Gasteiger charge is -2.15. The van der Waals surface area contributed by atoms with Crippen LogP contribution in [0.4, 0.5) is 5.69 Å². The number of anilines is 1. The molecule has 0 spiro atoms. The van der Waals surface area contributed by atoms with Crippen LogP contribution in [0.15, 0.2) is 18.2 Å². The molecule has 0 unspecified atom stereocenters. The fourth-order valence-corrected chi connectivity index (χ4v) is 2.62. The molecule has 1 amide bonds. The molecule has 0 heterocycles. The van der Waals surface area contributed by atoms with E-state index < -0.39 is 0 Å². The highest BCUT2D eigenvalue weighted by molar-refractivity contribution is 6.31. The van der Waals surface area contributed by atoms with E-state index in [1.807, 2.05) is 19.1 Å². The molecule has 4 heteroatoms. The minimum Gasteiger partial charge on any atom is -0.327 e. The van der Waals surface area contributed by atoms with Crippen molar-refractivity contribution in [3.63, 3.8) is 0 Å². The number of aryl methyl sites for hydroxylation is 1. The molecular weight excluding hydrogens is 248 g/mol. The molecular formula is C14H19ClN2O. The first-order chi connectivity index (χ1) is 8.56. The summed E-state index contributed by atoms with van der Waals surface area (Å²) in [7, 11) is 0. The first-order valence-electron chi connectivity index (χ1n) is 6.38. The van der Waals surface area contributed by atoms with Crippen LogP contribution in [0.25, 0.3) is 0 Å². The van der Waals surface area contributed by atoms with Crippen LogP contribution in [0.3, 0.4) is 0 Å². The summed E-state index contributed by atoms with van der Waals surface area (Å²) in [6.07, 6.45) is 3.74. The molecule has 0 radical (unpaired) electrons. The van der Waals surface area contributed by atoms with E-state index in [0.717, 1.165) is 30.5 Å². The lowest BCUT2D eigenvalue weighted by atomic mass is 10.00. The Morgan fingerprint density at radius 3 is 2.89 bits per heavy atom. The van der Waals surface area contributed by atoms with Gasteiger partial charge in [-0.1, -0.05) is 24.1 Å². The standard InChI is InChI=1S/C14H19ClN2O/c1-9-5-6-11(8-12(9)15)17-14(18)7-10-3-2-4-13(10)16/h5-6,8,10,13H,2-4,7,16H2,1H3,(H,17,18)/t10-,13+/m0/s1. The van der Waals surface area contributed by atoms with Gasteiger partial charge in [0.15, 0.2) is 0 Å². The molecule has 18 heavy (non-hydrogen) atoms. The van der Waals surface area contributed by atoms with Gasteiger partial charge in [0.2, 0.25) is 5.91 Å². The Kier molecular flexibility index (Phi) is 4.25. The number of carbonyl (C=O) groups is 1. The Labute approximate surface area is 113 Å². The second kappa shape index (κ2) is 5.72. The zero-order valence-corrected chi connectivity index (χ0v) is 11.3. The Morgan fingerprint density at radius 2 is 2.28 bits per heavy atom. The van der Waals surface area contributed by atoms with Gasteiger partial charge in [0.1, 0.15) is 0 Å². The number of hydrogen-bond donors (Lipinski definition) is 2. The smallest absolute Gasteiger partial charge is 0.224 e. The zero-order valence-electron chi connectivity index (χ0n) is 10.6. The van der Waals surface area contributed by atoms with Gasteiger partial charge >= 0.3 is 0 Å². The van der Waals surface area contributed by atoms with Gasteiger partial charge < -0.3 is 11.1 Å². The number of nitrogens with two attached hydrogens (primary N) is 1. The van der Waals surface area contributed by atoms with Gasteiger partial charge in [-0.05, 0) is 43.4 Å². The van der Waals surface area contributed by atoms with Crippen LogP contribution in [0.5, 0.6) is 0 Å². The van der Waals surface area contributed by atoms with Gasteiger partial charge in [-0.2, -0.15) is 0 Å². The quantitative estimate of drug-likeness (QED) is 0.883. The summed E-state index contributed by atoms with van der Waals surface area (Å²) >= 11 is 6.02. The summed E-state index contributed by atoms with van der Waals surface area (Å²) in [6, 6.07) is 5.73. The highest BCUT2D eigenvalue weighted by Crippen LogP contribution is 2.27. The van der Waals surface area contributed by atoms with Crippen molar-refractivity contribution in [1.29, 1.82) is 0 Å². The van der Waals surface area contributed by atoms with E-state index >= 15 is 0 Å². The van der Waals surface area contributed by atoms with Crippen molar-refractivity contribution >= 4 is 23.2 Å². The fraction of sp³-hybridized carbons (Fsp3) is 0.500. The summed E-state index contributed by atoms with van der Waals surface area (Å²) in [5.74, 6) is 0.350. The van der Waals surface area contributed by atoms with Crippen molar-refractivity contribution in [2.24, 2.45) is 11.7 Å². The Bertz CT molecular complexity index is 447. The highest BCUT2D eigenvalue weighted by atomic mass is 35.5. The molecule has 0 bridgehead atoms. The molecule has 3 N–H and O–H groups in total. The molecule has 1 aliphatic rings. The van der Waals surface area contributed by atoms with E-state index in [2.05, 4.69) is 5.32 Å². The molecule has 2 rings (SSSR count). The lowest BCUT2D eigenvalue weighted by molar-refractivity contribution is -0.117. The van der Waals surface area contributed by atoms with E-state index in [9.17, 15) is 4.79 Å². The molecule has 98 valence electrons. The summed E-state index contributed by atoms with van der Waals surface area (Å²) in [5, 5.41) is 3.55. The van der Waals surface area contributed by atoms with Crippen molar-refractivity contribution < 1.29 is 4.79 Å². The van der Waals surface area contributed by atoms with Gasteiger partial charge in [-0.3, -0.25) is 4.79 Å². The first-order valence-corrected chi connectivity index (χ1v) is 6.75. The number of carbonyl (C=O) groups excluding carboxylic acids is 1. The van der Waals surface area contributed by atoms with Gasteiger partial charge in [-0.15, -0.1) is 0 Å². The van der Waals surface area contributed by atoms with E-state index in [1.165, 1.54) is 0 Å². The SMILES string of the molecule is Cc1ccc(NC(=O)C[C@@H]2CCC[C@H]2N)cc1Cl. The number of hydrogen-bond acceptors (Lipinski definition) is 2. The molecule has 1 fully saturated rings. The van der Waals surface area contributed by atoms with Gasteiger partial charge in [-0.25, -0.2) is 0 Å². The lowest BCUT2D eigenvalue weighted by Crippen LogP contribution is -2.28. The second-order valence-corrected chi connectivity index (χ2v) is 5.48. The minimum absolute atomic E-state index is 0.0252. The fourth-order valence-electron chi connectivity index (χ4n) is 2.44. The van der Waals surface area contributed by atoms with Crippen LogP contribution >= 0.6 is 11.6 Å². The second-order valence-electron chi connectivity index (χ2n) is 5.07. The summed E-state index contributed by atoms with van der Waals surface area (Å²) in [6.45, 7) is 1.94. The third-order valence-electron chi connectivity index (χ3n) is 3.62. The van der Waals surface area contributed by atoms with Crippen molar-refractivity contribution in [2.45, 2.75) is 38.6 Å². The molecule has 3 nitrogen and oxygen atoms in total. The van der Waals surface area contributed by atoms with Crippen molar-refractivity contribution in [3.8, 4) is 0 Å². The topological polar surface area (TPSA) is 55.1 Å². The van der Waals surface area contributed by atoms with Gasteiger partial charge in [0.05, 0.1) is 0 Å². The van der Waals surface area contributed by atoms with E-state index in [0.29, 0.717) is 17.4 Å². The van der Waals surface area contributed by atoms with Crippen LogP contribution in [0.1, 0.15) is 31.2 Å². The number of rotatable bonds is 3. The van der Waals surface area contributed by atoms with E-state index in [-0.39, 0.29) is 11.9 Å². The third kappa shape index (κ3) is 3.24. The maximum atomic E-state index is 11.9. The van der Waals surface area contributed by atoms with E-state index in [4.69, 9.17) is 17.3 Å². The third-order valence-corrected chi connectivity index (χ3v) is 4.03. The average molecular weight is 267 g/mol. The monoisotopic (exact) mass is 266 g/mol. The average Bonchev–Trinajstić information content (AvgIpc) is 2.70. The molecule has 1 aliphatic carbocycles. The van der Waals surface area contributed by atoms with Crippen molar-refractivity contribution in [3.05, 3.63) is 28.8 Å².